The van der Waals surface area contributed by atoms with Gasteiger partial charge >= 0.3 is 0 Å². The molecule has 0 fully saturated rings. The Labute approximate surface area is 289 Å². The molecule has 0 radical (unpaired) electrons. The second-order valence-corrected chi connectivity index (χ2v) is 11.6. The Morgan fingerprint density at radius 2 is 1.46 bits per heavy atom. The van der Waals surface area contributed by atoms with Gasteiger partial charge in [0.15, 0.2) is 0 Å². The molecule has 1 aliphatic rings. The van der Waals surface area contributed by atoms with Crippen molar-refractivity contribution in [1.82, 2.24) is 4.90 Å². The molecular formula is C45H49N3. The standard InChI is InChI=1S/C45H49N3/c1-7-11-13-23-32-46-43-31-22-21-30-42(43)41(25-9-3)37(6)44(10-4)47(33-24-14-12-8-2)45-35-40(34-36(45)5)48(38-26-17-15-18-27-38)39-28-19-16-20-29-39/h7-9,11-33,35,44H,2,10,34H2,1,3-6H3/b11-7-,14-12-,23-13-,25-9?,33-24-,41-37+,46-32+. The van der Waals surface area contributed by atoms with Crippen LogP contribution in [0.5, 0.6) is 0 Å². The largest absolute Gasteiger partial charge is 0.341 e. The summed E-state index contributed by atoms with van der Waals surface area (Å²) in [4.78, 5) is 9.69. The highest BCUT2D eigenvalue weighted by Gasteiger charge is 2.28. The molecule has 0 spiro atoms. The van der Waals surface area contributed by atoms with E-state index in [1.165, 1.54) is 28.1 Å². The zero-order valence-electron chi connectivity index (χ0n) is 29.1. The maximum atomic E-state index is 4.86. The Bertz CT molecular complexity index is 1740. The zero-order valence-corrected chi connectivity index (χ0v) is 29.1. The molecule has 3 heteroatoms. The summed E-state index contributed by atoms with van der Waals surface area (Å²) in [5, 5.41) is 0. The van der Waals surface area contributed by atoms with Gasteiger partial charge in [-0.3, -0.25) is 4.99 Å². The van der Waals surface area contributed by atoms with Crippen LogP contribution in [-0.4, -0.2) is 17.2 Å². The molecule has 0 N–H and O–H groups in total. The molecule has 3 aromatic carbocycles. The minimum atomic E-state index is 0.0960. The fourth-order valence-corrected chi connectivity index (χ4v) is 6.06. The quantitative estimate of drug-likeness (QED) is 0.123. The number of rotatable bonds is 15. The predicted octanol–water partition coefficient (Wildman–Crippen LogP) is 12.6. The fourth-order valence-electron chi connectivity index (χ4n) is 6.06. The summed E-state index contributed by atoms with van der Waals surface area (Å²) in [6.07, 6.45) is 28.5. The van der Waals surface area contributed by atoms with Crippen molar-refractivity contribution >= 4 is 28.8 Å². The minimum Gasteiger partial charge on any atom is -0.341 e. The van der Waals surface area contributed by atoms with Gasteiger partial charge in [-0.15, -0.1) is 0 Å². The summed E-state index contributed by atoms with van der Waals surface area (Å²) in [6, 6.07) is 29.8. The number of hydrogen-bond acceptors (Lipinski definition) is 3. The molecule has 1 atom stereocenters. The highest BCUT2D eigenvalue weighted by atomic mass is 15.2. The van der Waals surface area contributed by atoms with E-state index in [4.69, 9.17) is 4.99 Å². The monoisotopic (exact) mass is 631 g/mol. The maximum absolute atomic E-state index is 4.86. The van der Waals surface area contributed by atoms with Crippen LogP contribution in [0.15, 0.2) is 192 Å². The first-order valence-electron chi connectivity index (χ1n) is 16.8. The van der Waals surface area contributed by atoms with Crippen LogP contribution in [0.2, 0.25) is 0 Å². The summed E-state index contributed by atoms with van der Waals surface area (Å²) >= 11 is 0. The molecule has 0 saturated carbocycles. The van der Waals surface area contributed by atoms with Crippen molar-refractivity contribution in [2.45, 2.75) is 53.5 Å². The van der Waals surface area contributed by atoms with Gasteiger partial charge in [-0.1, -0.05) is 117 Å². The normalized spacial score (nSPS) is 15.1. The molecule has 1 aliphatic carbocycles. The van der Waals surface area contributed by atoms with Crippen LogP contribution < -0.4 is 4.90 Å². The lowest BCUT2D eigenvalue weighted by atomic mass is 9.92. The first-order valence-corrected chi connectivity index (χ1v) is 16.8. The Kier molecular flexibility index (Phi) is 13.8. The second-order valence-electron chi connectivity index (χ2n) is 11.6. The molecule has 0 aliphatic heterocycles. The molecule has 3 nitrogen and oxygen atoms in total. The van der Waals surface area contributed by atoms with Gasteiger partial charge in [0.1, 0.15) is 0 Å². The average Bonchev–Trinajstić information content (AvgIpc) is 3.49. The molecular weight excluding hydrogens is 583 g/mol. The molecule has 0 saturated heterocycles. The summed E-state index contributed by atoms with van der Waals surface area (Å²) in [7, 11) is 0. The van der Waals surface area contributed by atoms with E-state index in [1.807, 2.05) is 55.7 Å². The minimum absolute atomic E-state index is 0.0960. The van der Waals surface area contributed by atoms with Crippen LogP contribution in [0.1, 0.15) is 53.0 Å². The van der Waals surface area contributed by atoms with E-state index in [2.05, 4.69) is 160 Å². The zero-order chi connectivity index (χ0) is 34.1. The van der Waals surface area contributed by atoms with Gasteiger partial charge in [0.25, 0.3) is 0 Å². The molecule has 0 amide bonds. The topological polar surface area (TPSA) is 18.8 Å². The summed E-state index contributed by atoms with van der Waals surface area (Å²) < 4.78 is 0. The predicted molar refractivity (Wildman–Crippen MR) is 211 cm³/mol. The van der Waals surface area contributed by atoms with Gasteiger partial charge in [0, 0.05) is 47.2 Å². The molecule has 48 heavy (non-hydrogen) atoms. The van der Waals surface area contributed by atoms with Crippen LogP contribution in [0, 0.1) is 0 Å². The van der Waals surface area contributed by atoms with Crippen molar-refractivity contribution < 1.29 is 0 Å². The number of benzene rings is 3. The number of anilines is 2. The Hall–Kier alpha value is -5.41. The summed E-state index contributed by atoms with van der Waals surface area (Å²) in [5.41, 5.74) is 10.6. The lowest BCUT2D eigenvalue weighted by molar-refractivity contribution is 0.377. The van der Waals surface area contributed by atoms with E-state index in [-0.39, 0.29) is 6.04 Å². The lowest BCUT2D eigenvalue weighted by Crippen LogP contribution is -2.31. The Morgan fingerprint density at radius 3 is 2.08 bits per heavy atom. The third kappa shape index (κ3) is 9.11. The lowest BCUT2D eigenvalue weighted by Gasteiger charge is -2.33. The van der Waals surface area contributed by atoms with Crippen molar-refractivity contribution in [3.63, 3.8) is 0 Å². The highest BCUT2D eigenvalue weighted by molar-refractivity contribution is 5.86. The Balaban J connectivity index is 1.85. The molecule has 0 heterocycles. The number of nitrogens with zero attached hydrogens (tertiary/aromatic N) is 3. The van der Waals surface area contributed by atoms with Crippen molar-refractivity contribution in [3.05, 3.63) is 193 Å². The third-order valence-corrected chi connectivity index (χ3v) is 8.28. The molecule has 3 aromatic rings. The first kappa shape index (κ1) is 35.4. The SMILES string of the molecule is C=C/C=C\C=C/N(C1=C(C)CC(N(c2ccccc2)c2ccccc2)=C1)C(CC)/C(C)=C(\C=CC)c1ccccc1/N=C/C=C\C=C/C. The summed E-state index contributed by atoms with van der Waals surface area (Å²) in [5.74, 6) is 0. The van der Waals surface area contributed by atoms with Gasteiger partial charge in [-0.05, 0) is 99.4 Å². The van der Waals surface area contributed by atoms with Crippen molar-refractivity contribution in [3.8, 4) is 0 Å². The number of allylic oxidation sites excluding steroid dienone is 13. The molecule has 0 aromatic heterocycles. The molecule has 244 valence electrons. The first-order chi connectivity index (χ1) is 23.5. The van der Waals surface area contributed by atoms with E-state index in [0.717, 1.165) is 35.5 Å². The maximum Gasteiger partial charge on any atom is 0.0707 e. The average molecular weight is 632 g/mol. The van der Waals surface area contributed by atoms with Crippen LogP contribution in [0.3, 0.4) is 0 Å². The number of para-hydroxylation sites is 3. The van der Waals surface area contributed by atoms with E-state index < -0.39 is 0 Å². The van der Waals surface area contributed by atoms with Crippen molar-refractivity contribution in [2.75, 3.05) is 4.90 Å². The third-order valence-electron chi connectivity index (χ3n) is 8.28. The number of hydrogen-bond donors (Lipinski definition) is 0. The van der Waals surface area contributed by atoms with Gasteiger partial charge in [0.2, 0.25) is 0 Å². The van der Waals surface area contributed by atoms with Crippen molar-refractivity contribution in [2.24, 2.45) is 4.99 Å². The van der Waals surface area contributed by atoms with E-state index in [0.29, 0.717) is 0 Å². The van der Waals surface area contributed by atoms with Crippen LogP contribution in [-0.2, 0) is 0 Å². The van der Waals surface area contributed by atoms with Crippen molar-refractivity contribution in [1.29, 1.82) is 0 Å². The fraction of sp³-hybridized carbons (Fsp3) is 0.178. The highest BCUT2D eigenvalue weighted by Crippen LogP contribution is 2.40. The molecule has 4 rings (SSSR count). The van der Waals surface area contributed by atoms with Crippen LogP contribution in [0.4, 0.5) is 17.1 Å². The van der Waals surface area contributed by atoms with Gasteiger partial charge in [0.05, 0.1) is 11.7 Å². The van der Waals surface area contributed by atoms with E-state index >= 15 is 0 Å². The molecule has 1 unspecified atom stereocenters. The van der Waals surface area contributed by atoms with Crippen LogP contribution >= 0.6 is 0 Å². The van der Waals surface area contributed by atoms with Gasteiger partial charge in [-0.25, -0.2) is 0 Å². The van der Waals surface area contributed by atoms with Gasteiger partial charge in [-0.2, -0.15) is 0 Å². The summed E-state index contributed by atoms with van der Waals surface area (Å²) in [6.45, 7) is 14.8. The van der Waals surface area contributed by atoms with E-state index in [1.54, 1.807) is 0 Å². The van der Waals surface area contributed by atoms with Gasteiger partial charge < -0.3 is 9.80 Å². The van der Waals surface area contributed by atoms with E-state index in [9.17, 15) is 0 Å². The molecule has 0 bridgehead atoms. The van der Waals surface area contributed by atoms with Crippen LogP contribution in [0.25, 0.3) is 5.57 Å². The second kappa shape index (κ2) is 18.7. The number of aliphatic imine (C=N–C) groups is 1. The Morgan fingerprint density at radius 1 is 0.812 bits per heavy atom. The smallest absolute Gasteiger partial charge is 0.0707 e.